The summed E-state index contributed by atoms with van der Waals surface area (Å²) in [5, 5.41) is 2.88. The second kappa shape index (κ2) is 7.50. The molecule has 0 unspecified atom stereocenters. The quantitative estimate of drug-likeness (QED) is 0.793. The molecule has 0 atom stereocenters. The van der Waals surface area contributed by atoms with Crippen LogP contribution in [0.15, 0.2) is 24.3 Å². The molecule has 1 rings (SSSR count). The Morgan fingerprint density at radius 2 is 2.05 bits per heavy atom. The van der Waals surface area contributed by atoms with Crippen LogP contribution in [0.3, 0.4) is 0 Å². The summed E-state index contributed by atoms with van der Waals surface area (Å²) in [7, 11) is -3.03. The average molecular weight is 285 g/mol. The highest BCUT2D eigenvalue weighted by atomic mass is 32.2. The van der Waals surface area contributed by atoms with Crippen LogP contribution in [0, 0.1) is 0 Å². The second-order valence-electron chi connectivity index (χ2n) is 4.69. The number of benzene rings is 1. The SMILES string of the molecule is CCNCc1cccc(OCCS(=O)(=O)C(C)C)c1. The van der Waals surface area contributed by atoms with E-state index in [0.717, 1.165) is 18.7 Å². The summed E-state index contributed by atoms with van der Waals surface area (Å²) in [5.41, 5.74) is 1.13. The van der Waals surface area contributed by atoms with Crippen LogP contribution in [0.4, 0.5) is 0 Å². The summed E-state index contributed by atoms with van der Waals surface area (Å²) in [6.07, 6.45) is 0. The number of hydrogen-bond acceptors (Lipinski definition) is 4. The first kappa shape index (κ1) is 16.0. The van der Waals surface area contributed by atoms with E-state index >= 15 is 0 Å². The fourth-order valence-electron chi connectivity index (χ4n) is 1.53. The maximum Gasteiger partial charge on any atom is 0.155 e. The van der Waals surface area contributed by atoms with Crippen molar-refractivity contribution in [1.29, 1.82) is 0 Å². The Kier molecular flexibility index (Phi) is 6.31. The van der Waals surface area contributed by atoms with E-state index in [0.29, 0.717) is 5.75 Å². The minimum absolute atomic E-state index is 0.0576. The maximum absolute atomic E-state index is 11.6. The highest BCUT2D eigenvalue weighted by Gasteiger charge is 2.15. The monoisotopic (exact) mass is 285 g/mol. The lowest BCUT2D eigenvalue weighted by Crippen LogP contribution is -2.22. The normalized spacial score (nSPS) is 11.8. The number of nitrogens with one attached hydrogen (secondary N) is 1. The van der Waals surface area contributed by atoms with Gasteiger partial charge in [0.2, 0.25) is 0 Å². The maximum atomic E-state index is 11.6. The van der Waals surface area contributed by atoms with Crippen LogP contribution in [0.25, 0.3) is 0 Å². The van der Waals surface area contributed by atoms with Gasteiger partial charge in [0.25, 0.3) is 0 Å². The van der Waals surface area contributed by atoms with Crippen LogP contribution in [0.1, 0.15) is 26.3 Å². The van der Waals surface area contributed by atoms with Crippen molar-refractivity contribution < 1.29 is 13.2 Å². The van der Waals surface area contributed by atoms with Gasteiger partial charge in [0.1, 0.15) is 12.4 Å². The molecule has 1 N–H and O–H groups in total. The lowest BCUT2D eigenvalue weighted by molar-refractivity contribution is 0.340. The molecule has 0 saturated carbocycles. The van der Waals surface area contributed by atoms with Crippen molar-refractivity contribution in [3.63, 3.8) is 0 Å². The third-order valence-corrected chi connectivity index (χ3v) is 5.00. The first-order valence-electron chi connectivity index (χ1n) is 6.59. The highest BCUT2D eigenvalue weighted by Crippen LogP contribution is 2.13. The summed E-state index contributed by atoms with van der Waals surface area (Å²) in [4.78, 5) is 0. The molecule has 5 heteroatoms. The first-order valence-corrected chi connectivity index (χ1v) is 8.31. The van der Waals surface area contributed by atoms with Crippen molar-refractivity contribution >= 4 is 9.84 Å². The van der Waals surface area contributed by atoms with Crippen molar-refractivity contribution in [2.45, 2.75) is 32.6 Å². The molecule has 0 radical (unpaired) electrons. The molecule has 0 aliphatic rings. The summed E-state index contributed by atoms with van der Waals surface area (Å²) >= 11 is 0. The van der Waals surface area contributed by atoms with Gasteiger partial charge in [-0.05, 0) is 38.1 Å². The van der Waals surface area contributed by atoms with Gasteiger partial charge in [-0.1, -0.05) is 19.1 Å². The topological polar surface area (TPSA) is 55.4 Å². The highest BCUT2D eigenvalue weighted by molar-refractivity contribution is 7.91. The van der Waals surface area contributed by atoms with E-state index in [2.05, 4.69) is 12.2 Å². The van der Waals surface area contributed by atoms with Crippen molar-refractivity contribution in [2.24, 2.45) is 0 Å². The zero-order valence-corrected chi connectivity index (χ0v) is 12.7. The van der Waals surface area contributed by atoms with Crippen LogP contribution in [0.5, 0.6) is 5.75 Å². The summed E-state index contributed by atoms with van der Waals surface area (Å²) in [6.45, 7) is 7.33. The lowest BCUT2D eigenvalue weighted by atomic mass is 10.2. The summed E-state index contributed by atoms with van der Waals surface area (Å²) in [5.74, 6) is 0.775. The van der Waals surface area contributed by atoms with Gasteiger partial charge >= 0.3 is 0 Å². The molecule has 0 heterocycles. The van der Waals surface area contributed by atoms with Gasteiger partial charge in [0.15, 0.2) is 9.84 Å². The van der Waals surface area contributed by atoms with Crippen LogP contribution < -0.4 is 10.1 Å². The molecule has 0 aliphatic carbocycles. The standard InChI is InChI=1S/C14H23NO3S/c1-4-15-11-13-6-5-7-14(10-13)18-8-9-19(16,17)12(2)3/h5-7,10,12,15H,4,8-9,11H2,1-3H3. The average Bonchev–Trinajstić information content (AvgIpc) is 2.36. The number of hydrogen-bond donors (Lipinski definition) is 1. The fraction of sp³-hybridized carbons (Fsp3) is 0.571. The van der Waals surface area contributed by atoms with Gasteiger partial charge < -0.3 is 10.1 Å². The molecule has 0 aliphatic heterocycles. The minimum atomic E-state index is -3.03. The van der Waals surface area contributed by atoms with E-state index in [9.17, 15) is 8.42 Å². The fourth-order valence-corrected chi connectivity index (χ4v) is 2.31. The van der Waals surface area contributed by atoms with E-state index in [1.165, 1.54) is 0 Å². The molecule has 0 spiro atoms. The molecular formula is C14H23NO3S. The smallest absolute Gasteiger partial charge is 0.155 e. The Morgan fingerprint density at radius 1 is 1.32 bits per heavy atom. The predicted molar refractivity (Wildman–Crippen MR) is 78.2 cm³/mol. The van der Waals surface area contributed by atoms with Crippen LogP contribution in [0.2, 0.25) is 0 Å². The molecule has 0 amide bonds. The van der Waals surface area contributed by atoms with Crippen molar-refractivity contribution in [2.75, 3.05) is 18.9 Å². The molecule has 19 heavy (non-hydrogen) atoms. The largest absolute Gasteiger partial charge is 0.493 e. The molecule has 1 aromatic rings. The zero-order chi connectivity index (χ0) is 14.3. The lowest BCUT2D eigenvalue weighted by Gasteiger charge is -2.10. The third kappa shape index (κ3) is 5.61. The Bertz CT molecular complexity index is 483. The van der Waals surface area contributed by atoms with Crippen LogP contribution in [-0.2, 0) is 16.4 Å². The van der Waals surface area contributed by atoms with Crippen molar-refractivity contribution in [3.8, 4) is 5.75 Å². The van der Waals surface area contributed by atoms with Gasteiger partial charge in [0.05, 0.1) is 11.0 Å². The number of rotatable bonds is 8. The third-order valence-electron chi connectivity index (χ3n) is 2.83. The summed E-state index contributed by atoms with van der Waals surface area (Å²) < 4.78 is 28.8. The van der Waals surface area contributed by atoms with Crippen molar-refractivity contribution in [1.82, 2.24) is 5.32 Å². The van der Waals surface area contributed by atoms with E-state index in [4.69, 9.17) is 4.74 Å². The molecule has 108 valence electrons. The van der Waals surface area contributed by atoms with E-state index in [1.54, 1.807) is 13.8 Å². The second-order valence-corrected chi connectivity index (χ2v) is 7.37. The zero-order valence-electron chi connectivity index (χ0n) is 11.8. The Hall–Kier alpha value is -1.07. The van der Waals surface area contributed by atoms with Crippen LogP contribution >= 0.6 is 0 Å². The van der Waals surface area contributed by atoms with Gasteiger partial charge in [-0.2, -0.15) is 0 Å². The number of ether oxygens (including phenoxy) is 1. The Balaban J connectivity index is 2.49. The Morgan fingerprint density at radius 3 is 2.68 bits per heavy atom. The van der Waals surface area contributed by atoms with Crippen molar-refractivity contribution in [3.05, 3.63) is 29.8 Å². The molecule has 0 aromatic heterocycles. The van der Waals surface area contributed by atoms with Gasteiger partial charge in [-0.25, -0.2) is 8.42 Å². The van der Waals surface area contributed by atoms with Crippen LogP contribution in [-0.4, -0.2) is 32.6 Å². The molecular weight excluding hydrogens is 262 g/mol. The minimum Gasteiger partial charge on any atom is -0.493 e. The molecule has 1 aromatic carbocycles. The first-order chi connectivity index (χ1) is 8.95. The molecule has 0 saturated heterocycles. The molecule has 0 bridgehead atoms. The van der Waals surface area contributed by atoms with Gasteiger partial charge in [-0.3, -0.25) is 0 Å². The summed E-state index contributed by atoms with van der Waals surface area (Å²) in [6, 6.07) is 7.71. The molecule has 4 nitrogen and oxygen atoms in total. The van der Waals surface area contributed by atoms with Gasteiger partial charge in [-0.15, -0.1) is 0 Å². The van der Waals surface area contributed by atoms with E-state index in [-0.39, 0.29) is 17.6 Å². The van der Waals surface area contributed by atoms with E-state index in [1.807, 2.05) is 24.3 Å². The van der Waals surface area contributed by atoms with E-state index < -0.39 is 9.84 Å². The van der Waals surface area contributed by atoms with Gasteiger partial charge in [0, 0.05) is 6.54 Å². The Labute approximate surface area is 116 Å². The molecule has 0 fully saturated rings. The number of sulfone groups is 1. The predicted octanol–water partition coefficient (Wildman–Crippen LogP) is 2.00.